The number of nitrogens with zero attached hydrogens (tertiary/aromatic N) is 1. The molecule has 0 amide bonds. The molecule has 7 rings (SSSR count). The van der Waals surface area contributed by atoms with Crippen molar-refractivity contribution in [1.29, 1.82) is 0 Å². The molecule has 11 unspecified atom stereocenters. The zero-order valence-corrected chi connectivity index (χ0v) is 8.93. The summed E-state index contributed by atoms with van der Waals surface area (Å²) in [5.41, 5.74) is 0. The molecule has 5 heteroatoms. The van der Waals surface area contributed by atoms with Crippen LogP contribution in [-0.4, -0.2) is 23.0 Å². The van der Waals surface area contributed by atoms with E-state index in [4.69, 9.17) is 4.74 Å². The standard InChI is InChI=1S/C12H11NO4/c14-12-9-3-1-2-6-8(11(17-12)7(2)3)4(9)5(1)10(6)13(15)16/h1-11H. The molecule has 2 aliphatic heterocycles. The predicted molar refractivity (Wildman–Crippen MR) is 52.1 cm³/mol. The lowest BCUT2D eigenvalue weighted by Gasteiger charge is -2.52. The molecule has 0 N–H and O–H groups in total. The van der Waals surface area contributed by atoms with E-state index >= 15 is 0 Å². The SMILES string of the molecule is O=C1OC2C3C4C1C1C2C2C3C4C1C2[N+](=O)[O-]. The summed E-state index contributed by atoms with van der Waals surface area (Å²) in [5.74, 6) is 3.13. The maximum absolute atomic E-state index is 11.9. The van der Waals surface area contributed by atoms with Crippen LogP contribution in [0.4, 0.5) is 0 Å². The van der Waals surface area contributed by atoms with Crippen LogP contribution in [0.1, 0.15) is 0 Å². The first-order valence-electron chi connectivity index (χ1n) is 6.56. The number of rotatable bonds is 1. The average Bonchev–Trinajstić information content (AvgIpc) is 2.75. The predicted octanol–water partition coefficient (Wildman–Crippen LogP) is 0.171. The first-order chi connectivity index (χ1) is 8.22. The Hall–Kier alpha value is -1.13. The Morgan fingerprint density at radius 3 is 2.29 bits per heavy atom. The van der Waals surface area contributed by atoms with E-state index in [1.807, 2.05) is 0 Å². The highest BCUT2D eigenvalue weighted by molar-refractivity contribution is 5.78. The normalized spacial score (nSPS) is 74.4. The van der Waals surface area contributed by atoms with Crippen LogP contribution in [0.25, 0.3) is 0 Å². The molecule has 2 saturated heterocycles. The summed E-state index contributed by atoms with van der Waals surface area (Å²) < 4.78 is 5.53. The van der Waals surface area contributed by atoms with Crippen LogP contribution in [0.2, 0.25) is 0 Å². The van der Waals surface area contributed by atoms with Crippen LogP contribution in [0.3, 0.4) is 0 Å². The van der Waals surface area contributed by atoms with Crippen molar-refractivity contribution in [2.24, 2.45) is 53.3 Å². The topological polar surface area (TPSA) is 69.4 Å². The van der Waals surface area contributed by atoms with E-state index in [0.29, 0.717) is 35.5 Å². The number of hydrogen-bond donors (Lipinski definition) is 0. The van der Waals surface area contributed by atoms with Gasteiger partial charge in [-0.2, -0.15) is 0 Å². The zero-order valence-electron chi connectivity index (χ0n) is 8.93. The van der Waals surface area contributed by atoms with Gasteiger partial charge in [-0.25, -0.2) is 0 Å². The van der Waals surface area contributed by atoms with Gasteiger partial charge < -0.3 is 4.74 Å². The molecule has 4 bridgehead atoms. The molecule has 5 saturated carbocycles. The lowest BCUT2D eigenvalue weighted by molar-refractivity contribution is -0.533. The summed E-state index contributed by atoms with van der Waals surface area (Å²) in [6.07, 6.45) is 0.0590. The van der Waals surface area contributed by atoms with Gasteiger partial charge in [0.25, 0.3) is 0 Å². The summed E-state index contributed by atoms with van der Waals surface area (Å²) in [5, 5.41) is 11.3. The molecule has 7 fully saturated rings. The quantitative estimate of drug-likeness (QED) is 0.368. The molecule has 5 aliphatic carbocycles. The maximum atomic E-state index is 11.9. The van der Waals surface area contributed by atoms with Crippen LogP contribution in [0, 0.1) is 63.4 Å². The van der Waals surface area contributed by atoms with Crippen LogP contribution < -0.4 is 0 Å². The molecule has 0 spiro atoms. The summed E-state index contributed by atoms with van der Waals surface area (Å²) in [4.78, 5) is 23.2. The summed E-state index contributed by atoms with van der Waals surface area (Å²) in [6.45, 7) is 0. The fourth-order valence-corrected chi connectivity index (χ4v) is 7.41. The van der Waals surface area contributed by atoms with E-state index in [-0.39, 0.29) is 40.8 Å². The van der Waals surface area contributed by atoms with Gasteiger partial charge in [-0.15, -0.1) is 0 Å². The van der Waals surface area contributed by atoms with E-state index in [9.17, 15) is 14.9 Å². The third-order valence-corrected chi connectivity index (χ3v) is 7.14. The monoisotopic (exact) mass is 233 g/mol. The summed E-state index contributed by atoms with van der Waals surface area (Å²) in [7, 11) is 0. The van der Waals surface area contributed by atoms with E-state index in [1.165, 1.54) is 0 Å². The van der Waals surface area contributed by atoms with Crippen molar-refractivity contribution in [3.63, 3.8) is 0 Å². The van der Waals surface area contributed by atoms with Crippen molar-refractivity contribution in [3.05, 3.63) is 10.1 Å². The molecular weight excluding hydrogens is 222 g/mol. The second-order valence-corrected chi connectivity index (χ2v) is 6.82. The number of ether oxygens (including phenoxy) is 1. The Balaban J connectivity index is 1.65. The zero-order chi connectivity index (χ0) is 11.2. The summed E-state index contributed by atoms with van der Waals surface area (Å²) in [6, 6.07) is -0.350. The van der Waals surface area contributed by atoms with E-state index in [1.54, 1.807) is 0 Å². The first-order valence-corrected chi connectivity index (χ1v) is 6.56. The van der Waals surface area contributed by atoms with Crippen molar-refractivity contribution in [2.75, 3.05) is 0 Å². The molecule has 5 nitrogen and oxygen atoms in total. The first kappa shape index (κ1) is 8.06. The van der Waals surface area contributed by atoms with Gasteiger partial charge in [-0.05, 0) is 23.7 Å². The van der Waals surface area contributed by atoms with E-state index in [2.05, 4.69) is 0 Å². The smallest absolute Gasteiger partial charge is 0.309 e. The highest BCUT2D eigenvalue weighted by Crippen LogP contribution is 2.86. The third kappa shape index (κ3) is 0.490. The van der Waals surface area contributed by atoms with Crippen molar-refractivity contribution < 1.29 is 14.5 Å². The van der Waals surface area contributed by atoms with Gasteiger partial charge in [-0.3, -0.25) is 14.9 Å². The fourth-order valence-electron chi connectivity index (χ4n) is 7.41. The molecule has 7 aliphatic rings. The molecule has 11 atom stereocenters. The van der Waals surface area contributed by atoms with Crippen molar-refractivity contribution >= 4 is 5.97 Å². The van der Waals surface area contributed by atoms with Crippen LogP contribution in [-0.2, 0) is 9.53 Å². The highest BCUT2D eigenvalue weighted by Gasteiger charge is 2.92. The number of esters is 1. The highest BCUT2D eigenvalue weighted by atomic mass is 16.6. The van der Waals surface area contributed by atoms with Gasteiger partial charge in [0.1, 0.15) is 6.10 Å². The van der Waals surface area contributed by atoms with Crippen molar-refractivity contribution in [3.8, 4) is 0 Å². The van der Waals surface area contributed by atoms with Crippen LogP contribution in [0.15, 0.2) is 0 Å². The van der Waals surface area contributed by atoms with Gasteiger partial charge >= 0.3 is 5.97 Å². The number of carbonyl (C=O) groups is 1. The molecule has 0 aromatic carbocycles. The minimum absolute atomic E-state index is 0.0342. The van der Waals surface area contributed by atoms with Gasteiger partial charge in [0.05, 0.1) is 5.92 Å². The van der Waals surface area contributed by atoms with Crippen LogP contribution >= 0.6 is 0 Å². The Bertz CT molecular complexity index is 517. The molecule has 88 valence electrons. The summed E-state index contributed by atoms with van der Waals surface area (Å²) >= 11 is 0. The number of hydrogen-bond acceptors (Lipinski definition) is 4. The Morgan fingerprint density at radius 1 is 0.941 bits per heavy atom. The Labute approximate surface area is 96.6 Å². The van der Waals surface area contributed by atoms with E-state index in [0.717, 1.165) is 0 Å². The van der Waals surface area contributed by atoms with Gasteiger partial charge in [0.2, 0.25) is 6.04 Å². The number of fused-ring (bicyclic) bond motifs is 1. The van der Waals surface area contributed by atoms with Crippen molar-refractivity contribution in [2.45, 2.75) is 12.1 Å². The molecular formula is C12H11NO4. The van der Waals surface area contributed by atoms with Gasteiger partial charge in [0.15, 0.2) is 0 Å². The Morgan fingerprint density at radius 2 is 1.53 bits per heavy atom. The third-order valence-electron chi connectivity index (χ3n) is 7.14. The maximum Gasteiger partial charge on any atom is 0.309 e. The minimum atomic E-state index is -0.350. The van der Waals surface area contributed by atoms with Gasteiger partial charge in [-0.1, -0.05) is 0 Å². The van der Waals surface area contributed by atoms with Crippen molar-refractivity contribution in [1.82, 2.24) is 0 Å². The number of carbonyl (C=O) groups excluding carboxylic acids is 1. The molecule has 17 heavy (non-hydrogen) atoms. The minimum Gasteiger partial charge on any atom is -0.462 e. The lowest BCUT2D eigenvalue weighted by Crippen LogP contribution is -2.58. The van der Waals surface area contributed by atoms with Gasteiger partial charge in [0, 0.05) is 28.6 Å². The lowest BCUT2D eigenvalue weighted by atomic mass is 9.55. The Kier molecular flexibility index (Phi) is 0.897. The second-order valence-electron chi connectivity index (χ2n) is 6.82. The largest absolute Gasteiger partial charge is 0.462 e. The molecule has 0 aromatic rings. The van der Waals surface area contributed by atoms with E-state index < -0.39 is 0 Å². The fraction of sp³-hybridized carbons (Fsp3) is 0.917. The molecule has 0 aromatic heterocycles. The average molecular weight is 233 g/mol. The second kappa shape index (κ2) is 1.89. The van der Waals surface area contributed by atoms with Crippen LogP contribution in [0.5, 0.6) is 0 Å². The molecule has 0 radical (unpaired) electrons. The number of nitro groups is 1. The molecule has 2 heterocycles.